The van der Waals surface area contributed by atoms with Crippen LogP contribution in [0.1, 0.15) is 32.2 Å². The predicted octanol–water partition coefficient (Wildman–Crippen LogP) is 2.07. The van der Waals surface area contributed by atoms with E-state index in [4.69, 9.17) is 9.47 Å². The highest BCUT2D eigenvalue weighted by atomic mass is 16.5. The summed E-state index contributed by atoms with van der Waals surface area (Å²) < 4.78 is 12.9. The fourth-order valence-electron chi connectivity index (χ4n) is 2.34. The molecule has 0 radical (unpaired) electrons. The number of nitrogens with one attached hydrogen (secondary N) is 1. The van der Waals surface area contributed by atoms with Crippen LogP contribution in [0.4, 0.5) is 5.95 Å². The number of anilines is 1. The Morgan fingerprint density at radius 1 is 1.67 bits per heavy atom. The lowest BCUT2D eigenvalue weighted by molar-refractivity contribution is 0.107. The average molecular weight is 253 g/mol. The van der Waals surface area contributed by atoms with Crippen LogP contribution in [0.15, 0.2) is 12.4 Å². The Labute approximate surface area is 108 Å². The van der Waals surface area contributed by atoms with Gasteiger partial charge in [0.2, 0.25) is 5.95 Å². The van der Waals surface area contributed by atoms with Gasteiger partial charge in [-0.25, -0.2) is 4.98 Å². The number of ether oxygens (including phenoxy) is 2. The van der Waals surface area contributed by atoms with Crippen LogP contribution in [0, 0.1) is 0 Å². The van der Waals surface area contributed by atoms with E-state index in [1.165, 1.54) is 12.8 Å². The molecule has 2 atom stereocenters. The smallest absolute Gasteiger partial charge is 0.203 e. The molecule has 0 saturated carbocycles. The zero-order valence-corrected chi connectivity index (χ0v) is 11.3. The molecule has 1 aromatic rings. The number of nitrogens with zero attached hydrogens (tertiary/aromatic N) is 2. The number of hydrogen-bond acceptors (Lipinski definition) is 4. The molecule has 2 heterocycles. The van der Waals surface area contributed by atoms with Crippen LogP contribution in [0.3, 0.4) is 0 Å². The molecule has 102 valence electrons. The molecule has 0 amide bonds. The van der Waals surface area contributed by atoms with Gasteiger partial charge in [-0.15, -0.1) is 0 Å². The summed E-state index contributed by atoms with van der Waals surface area (Å²) in [6.07, 6.45) is 7.67. The van der Waals surface area contributed by atoms with Gasteiger partial charge in [-0.3, -0.25) is 0 Å². The number of imidazole rings is 1. The fourth-order valence-corrected chi connectivity index (χ4v) is 2.34. The quantitative estimate of drug-likeness (QED) is 0.808. The zero-order chi connectivity index (χ0) is 12.8. The van der Waals surface area contributed by atoms with Gasteiger partial charge >= 0.3 is 0 Å². The van der Waals surface area contributed by atoms with Crippen LogP contribution in [-0.2, 0) is 9.47 Å². The summed E-state index contributed by atoms with van der Waals surface area (Å²) in [6, 6.07) is 0.294. The van der Waals surface area contributed by atoms with Crippen LogP contribution in [0.2, 0.25) is 0 Å². The van der Waals surface area contributed by atoms with E-state index in [1.807, 2.05) is 12.4 Å². The first-order valence-electron chi connectivity index (χ1n) is 6.68. The third kappa shape index (κ3) is 3.46. The van der Waals surface area contributed by atoms with Crippen molar-refractivity contribution in [1.82, 2.24) is 9.55 Å². The SMILES string of the molecule is COCC(C)n1ccnc1NCCC1CCCO1. The minimum atomic E-state index is 0.294. The van der Waals surface area contributed by atoms with Crippen LogP contribution >= 0.6 is 0 Å². The average Bonchev–Trinajstić information content (AvgIpc) is 3.00. The molecule has 1 saturated heterocycles. The normalized spacial score (nSPS) is 21.1. The molecule has 1 aromatic heterocycles. The third-order valence-electron chi connectivity index (χ3n) is 3.32. The van der Waals surface area contributed by atoms with Crippen molar-refractivity contribution in [2.75, 3.05) is 32.2 Å². The van der Waals surface area contributed by atoms with Gasteiger partial charge in [0.1, 0.15) is 0 Å². The van der Waals surface area contributed by atoms with Crippen molar-refractivity contribution in [2.45, 2.75) is 38.3 Å². The largest absolute Gasteiger partial charge is 0.383 e. The van der Waals surface area contributed by atoms with Gasteiger partial charge in [0, 0.05) is 32.7 Å². The first-order chi connectivity index (χ1) is 8.81. The highest BCUT2D eigenvalue weighted by molar-refractivity contribution is 5.26. The topological polar surface area (TPSA) is 48.3 Å². The molecule has 1 fully saturated rings. The maximum Gasteiger partial charge on any atom is 0.203 e. The summed E-state index contributed by atoms with van der Waals surface area (Å²) in [5, 5.41) is 3.38. The lowest BCUT2D eigenvalue weighted by atomic mass is 10.2. The van der Waals surface area contributed by atoms with Crippen LogP contribution in [0.5, 0.6) is 0 Å². The summed E-state index contributed by atoms with van der Waals surface area (Å²) in [7, 11) is 1.72. The van der Waals surface area contributed by atoms with Crippen LogP contribution in [0.25, 0.3) is 0 Å². The Kier molecular flexibility index (Phi) is 5.01. The second-order valence-corrected chi connectivity index (χ2v) is 4.81. The van der Waals surface area contributed by atoms with Gasteiger partial charge in [-0.1, -0.05) is 0 Å². The molecule has 0 bridgehead atoms. The maximum atomic E-state index is 5.60. The number of rotatable bonds is 7. The van der Waals surface area contributed by atoms with Gasteiger partial charge < -0.3 is 19.4 Å². The maximum absolute atomic E-state index is 5.60. The molecule has 0 aromatic carbocycles. The molecule has 1 aliphatic rings. The Balaban J connectivity index is 1.79. The van der Waals surface area contributed by atoms with Crippen molar-refractivity contribution in [3.8, 4) is 0 Å². The number of aromatic nitrogens is 2. The molecule has 5 heteroatoms. The molecular weight excluding hydrogens is 230 g/mol. The molecule has 1 N–H and O–H groups in total. The van der Waals surface area contributed by atoms with Gasteiger partial charge in [0.25, 0.3) is 0 Å². The van der Waals surface area contributed by atoms with Gasteiger partial charge in [0.05, 0.1) is 18.8 Å². The highest BCUT2D eigenvalue weighted by Gasteiger charge is 2.15. The first kappa shape index (κ1) is 13.4. The molecule has 2 rings (SSSR count). The van der Waals surface area contributed by atoms with Gasteiger partial charge in [0.15, 0.2) is 0 Å². The monoisotopic (exact) mass is 253 g/mol. The van der Waals surface area contributed by atoms with E-state index in [-0.39, 0.29) is 0 Å². The molecular formula is C13H23N3O2. The molecule has 5 nitrogen and oxygen atoms in total. The molecule has 18 heavy (non-hydrogen) atoms. The van der Waals surface area contributed by atoms with Crippen molar-refractivity contribution in [3.05, 3.63) is 12.4 Å². The van der Waals surface area contributed by atoms with Crippen molar-refractivity contribution >= 4 is 5.95 Å². The van der Waals surface area contributed by atoms with Gasteiger partial charge in [-0.2, -0.15) is 0 Å². The summed E-state index contributed by atoms with van der Waals surface area (Å²) in [4.78, 5) is 4.34. The van der Waals surface area contributed by atoms with E-state index in [9.17, 15) is 0 Å². The Hall–Kier alpha value is -1.07. The Morgan fingerprint density at radius 2 is 2.56 bits per heavy atom. The lowest BCUT2D eigenvalue weighted by Crippen LogP contribution is -2.17. The van der Waals surface area contributed by atoms with E-state index in [1.54, 1.807) is 7.11 Å². The first-order valence-corrected chi connectivity index (χ1v) is 6.68. The summed E-state index contributed by atoms with van der Waals surface area (Å²) >= 11 is 0. The van der Waals surface area contributed by atoms with Crippen LogP contribution < -0.4 is 5.32 Å². The van der Waals surface area contributed by atoms with Crippen molar-refractivity contribution < 1.29 is 9.47 Å². The van der Waals surface area contributed by atoms with E-state index in [0.717, 1.165) is 25.5 Å². The fraction of sp³-hybridized carbons (Fsp3) is 0.769. The van der Waals surface area contributed by atoms with E-state index >= 15 is 0 Å². The van der Waals surface area contributed by atoms with E-state index in [2.05, 4.69) is 21.8 Å². The van der Waals surface area contributed by atoms with E-state index < -0.39 is 0 Å². The number of methoxy groups -OCH3 is 1. The third-order valence-corrected chi connectivity index (χ3v) is 3.32. The Morgan fingerprint density at radius 3 is 3.28 bits per heavy atom. The molecule has 1 aliphatic heterocycles. The second-order valence-electron chi connectivity index (χ2n) is 4.81. The zero-order valence-electron chi connectivity index (χ0n) is 11.3. The molecule has 2 unspecified atom stereocenters. The van der Waals surface area contributed by atoms with Gasteiger partial charge in [-0.05, 0) is 26.2 Å². The Bertz CT molecular complexity index is 348. The lowest BCUT2D eigenvalue weighted by Gasteiger charge is -2.16. The minimum Gasteiger partial charge on any atom is -0.383 e. The predicted molar refractivity (Wildman–Crippen MR) is 70.9 cm³/mol. The van der Waals surface area contributed by atoms with Crippen molar-refractivity contribution in [3.63, 3.8) is 0 Å². The summed E-state index contributed by atoms with van der Waals surface area (Å²) in [5.41, 5.74) is 0. The highest BCUT2D eigenvalue weighted by Crippen LogP contribution is 2.17. The standard InChI is InChI=1S/C13H23N3O2/c1-11(10-17-2)16-8-7-15-13(16)14-6-5-12-4-3-9-18-12/h7-8,11-12H,3-6,9-10H2,1-2H3,(H,14,15). The second kappa shape index (κ2) is 6.75. The summed E-state index contributed by atoms with van der Waals surface area (Å²) in [5.74, 6) is 0.914. The van der Waals surface area contributed by atoms with Crippen LogP contribution in [-0.4, -0.2) is 42.5 Å². The van der Waals surface area contributed by atoms with E-state index in [0.29, 0.717) is 18.8 Å². The summed E-state index contributed by atoms with van der Waals surface area (Å²) in [6.45, 7) is 4.64. The number of hydrogen-bond donors (Lipinski definition) is 1. The van der Waals surface area contributed by atoms with Crippen molar-refractivity contribution in [2.24, 2.45) is 0 Å². The van der Waals surface area contributed by atoms with Crippen molar-refractivity contribution in [1.29, 1.82) is 0 Å². The molecule has 0 spiro atoms. The molecule has 0 aliphatic carbocycles. The minimum absolute atomic E-state index is 0.294.